The molecule has 0 aliphatic rings. The van der Waals surface area contributed by atoms with Crippen molar-refractivity contribution < 1.29 is 19.2 Å². The number of nitrogens with zero attached hydrogens (tertiary/aromatic N) is 1. The number of benzene rings is 2. The third kappa shape index (κ3) is 5.51. The van der Waals surface area contributed by atoms with Gasteiger partial charge < -0.3 is 10.1 Å². The second-order valence-electron chi connectivity index (χ2n) is 6.53. The number of anilines is 1. The molecule has 0 unspecified atom stereocenters. The van der Waals surface area contributed by atoms with E-state index in [0.717, 1.165) is 22.8 Å². The molecule has 0 aromatic heterocycles. The molecular weight excluding hydrogens is 360 g/mol. The van der Waals surface area contributed by atoms with Crippen molar-refractivity contribution in [1.82, 2.24) is 0 Å². The highest BCUT2D eigenvalue weighted by Crippen LogP contribution is 2.22. The summed E-state index contributed by atoms with van der Waals surface area (Å²) in [5, 5.41) is 13.6. The van der Waals surface area contributed by atoms with Crippen LogP contribution in [0.3, 0.4) is 0 Å². The summed E-state index contributed by atoms with van der Waals surface area (Å²) >= 11 is 0. The van der Waals surface area contributed by atoms with Gasteiger partial charge in [0.25, 0.3) is 11.6 Å². The lowest BCUT2D eigenvalue weighted by Gasteiger charge is -2.16. The molecule has 0 radical (unpaired) electrons. The van der Waals surface area contributed by atoms with E-state index in [1.165, 1.54) is 31.2 Å². The van der Waals surface area contributed by atoms with Crippen LogP contribution in [-0.2, 0) is 14.3 Å². The summed E-state index contributed by atoms with van der Waals surface area (Å²) in [5.74, 6) is -1.15. The first-order valence-corrected chi connectivity index (χ1v) is 8.69. The van der Waals surface area contributed by atoms with Gasteiger partial charge in [-0.3, -0.25) is 14.9 Å². The quantitative estimate of drug-likeness (QED) is 0.351. The summed E-state index contributed by atoms with van der Waals surface area (Å²) in [5.41, 5.74) is 4.05. The molecule has 0 fully saturated rings. The van der Waals surface area contributed by atoms with Gasteiger partial charge in [-0.15, -0.1) is 0 Å². The fourth-order valence-electron chi connectivity index (χ4n) is 2.78. The molecular formula is C21H22N2O5. The maximum atomic E-state index is 12.3. The lowest BCUT2D eigenvalue weighted by molar-refractivity contribution is -0.384. The Morgan fingerprint density at radius 1 is 1.14 bits per heavy atom. The molecule has 1 N–H and O–H groups in total. The SMILES string of the molecule is Cc1cc(C)c(NC(=O)[C@H](C)OC(=O)/C=C/c2cccc([N+](=O)[O-])c2)c(C)c1. The largest absolute Gasteiger partial charge is 0.449 e. The van der Waals surface area contributed by atoms with Crippen LogP contribution in [0.25, 0.3) is 6.08 Å². The van der Waals surface area contributed by atoms with Crippen molar-refractivity contribution in [1.29, 1.82) is 0 Å². The van der Waals surface area contributed by atoms with Gasteiger partial charge >= 0.3 is 5.97 Å². The Labute approximate surface area is 163 Å². The average molecular weight is 382 g/mol. The molecule has 2 rings (SSSR count). The molecule has 7 heteroatoms. The van der Waals surface area contributed by atoms with E-state index in [9.17, 15) is 19.7 Å². The molecule has 7 nitrogen and oxygen atoms in total. The second kappa shape index (κ2) is 8.94. The lowest BCUT2D eigenvalue weighted by Crippen LogP contribution is -2.30. The van der Waals surface area contributed by atoms with Crippen LogP contribution in [0.5, 0.6) is 0 Å². The second-order valence-corrected chi connectivity index (χ2v) is 6.53. The van der Waals surface area contributed by atoms with Crippen LogP contribution in [0.15, 0.2) is 42.5 Å². The molecule has 2 aromatic carbocycles. The summed E-state index contributed by atoms with van der Waals surface area (Å²) in [7, 11) is 0. The van der Waals surface area contributed by atoms with Crippen LogP contribution in [0.1, 0.15) is 29.2 Å². The van der Waals surface area contributed by atoms with Crippen LogP contribution < -0.4 is 5.32 Å². The molecule has 146 valence electrons. The number of amides is 1. The number of ether oxygens (including phenoxy) is 1. The number of nitro groups is 1. The number of aryl methyl sites for hydroxylation is 3. The van der Waals surface area contributed by atoms with E-state index in [2.05, 4.69) is 5.32 Å². The van der Waals surface area contributed by atoms with Gasteiger partial charge in [0.2, 0.25) is 0 Å². The number of carbonyl (C=O) groups is 2. The van der Waals surface area contributed by atoms with E-state index in [1.807, 2.05) is 32.9 Å². The summed E-state index contributed by atoms with van der Waals surface area (Å²) in [6.07, 6.45) is 1.53. The van der Waals surface area contributed by atoms with Gasteiger partial charge in [-0.1, -0.05) is 29.8 Å². The normalized spacial score (nSPS) is 11.9. The van der Waals surface area contributed by atoms with Gasteiger partial charge in [-0.05, 0) is 50.5 Å². The number of carbonyl (C=O) groups excluding carboxylic acids is 2. The van der Waals surface area contributed by atoms with Crippen molar-refractivity contribution in [2.24, 2.45) is 0 Å². The van der Waals surface area contributed by atoms with Crippen molar-refractivity contribution in [2.45, 2.75) is 33.8 Å². The zero-order chi connectivity index (χ0) is 20.8. The third-order valence-corrected chi connectivity index (χ3v) is 4.08. The van der Waals surface area contributed by atoms with Crippen LogP contribution in [-0.4, -0.2) is 22.9 Å². The summed E-state index contributed by atoms with van der Waals surface area (Å²) in [6, 6.07) is 9.75. The molecule has 0 spiro atoms. The average Bonchev–Trinajstić information content (AvgIpc) is 2.62. The molecule has 0 aliphatic carbocycles. The topological polar surface area (TPSA) is 98.5 Å². The van der Waals surface area contributed by atoms with Crippen molar-refractivity contribution in [3.05, 3.63) is 74.8 Å². The van der Waals surface area contributed by atoms with Crippen LogP contribution in [0, 0.1) is 30.9 Å². The molecule has 0 saturated heterocycles. The fourth-order valence-corrected chi connectivity index (χ4v) is 2.78. The Morgan fingerprint density at radius 2 is 1.79 bits per heavy atom. The Bertz CT molecular complexity index is 927. The molecule has 2 aromatic rings. The monoisotopic (exact) mass is 382 g/mol. The van der Waals surface area contributed by atoms with E-state index >= 15 is 0 Å². The van der Waals surface area contributed by atoms with Crippen molar-refractivity contribution >= 4 is 29.3 Å². The highest BCUT2D eigenvalue weighted by Gasteiger charge is 2.18. The molecule has 1 amide bonds. The van der Waals surface area contributed by atoms with Crippen molar-refractivity contribution in [2.75, 3.05) is 5.32 Å². The molecule has 0 bridgehead atoms. The lowest BCUT2D eigenvalue weighted by atomic mass is 10.0. The minimum atomic E-state index is -0.998. The number of esters is 1. The number of nitrogens with one attached hydrogen (secondary N) is 1. The van der Waals surface area contributed by atoms with E-state index in [1.54, 1.807) is 6.07 Å². The molecule has 28 heavy (non-hydrogen) atoms. The first-order valence-electron chi connectivity index (χ1n) is 8.69. The summed E-state index contributed by atoms with van der Waals surface area (Å²) in [4.78, 5) is 34.6. The zero-order valence-electron chi connectivity index (χ0n) is 16.2. The van der Waals surface area contributed by atoms with Gasteiger partial charge in [0, 0.05) is 23.9 Å². The molecule has 0 aliphatic heterocycles. The van der Waals surface area contributed by atoms with Gasteiger partial charge in [-0.2, -0.15) is 0 Å². The molecule has 0 saturated carbocycles. The summed E-state index contributed by atoms with van der Waals surface area (Å²) in [6.45, 7) is 7.25. The number of nitro benzene ring substituents is 1. The highest BCUT2D eigenvalue weighted by molar-refractivity contribution is 5.97. The maximum absolute atomic E-state index is 12.3. The highest BCUT2D eigenvalue weighted by atomic mass is 16.6. The van der Waals surface area contributed by atoms with Crippen molar-refractivity contribution in [3.8, 4) is 0 Å². The van der Waals surface area contributed by atoms with E-state index in [0.29, 0.717) is 11.3 Å². The Kier molecular flexibility index (Phi) is 6.65. The van der Waals surface area contributed by atoms with E-state index in [4.69, 9.17) is 4.74 Å². The first-order chi connectivity index (χ1) is 13.2. The number of non-ortho nitro benzene ring substituents is 1. The number of rotatable bonds is 6. The number of hydrogen-bond donors (Lipinski definition) is 1. The Morgan fingerprint density at radius 3 is 2.39 bits per heavy atom. The van der Waals surface area contributed by atoms with E-state index < -0.39 is 22.9 Å². The maximum Gasteiger partial charge on any atom is 0.331 e. The van der Waals surface area contributed by atoms with Crippen LogP contribution >= 0.6 is 0 Å². The Hall–Kier alpha value is -3.48. The fraction of sp³-hybridized carbons (Fsp3) is 0.238. The molecule has 0 heterocycles. The predicted molar refractivity (Wildman–Crippen MR) is 107 cm³/mol. The number of hydrogen-bond acceptors (Lipinski definition) is 5. The standard InChI is InChI=1S/C21H22N2O5/c1-13-10-14(2)20(15(3)11-13)22-21(25)16(4)28-19(24)9-8-17-6-5-7-18(12-17)23(26)27/h5-12,16H,1-4H3,(H,22,25)/b9-8+/t16-/m0/s1. The van der Waals surface area contributed by atoms with Gasteiger partial charge in [0.05, 0.1) is 4.92 Å². The van der Waals surface area contributed by atoms with Gasteiger partial charge in [0.1, 0.15) is 0 Å². The summed E-state index contributed by atoms with van der Waals surface area (Å²) < 4.78 is 5.12. The smallest absolute Gasteiger partial charge is 0.331 e. The first kappa shape index (κ1) is 20.8. The van der Waals surface area contributed by atoms with Gasteiger partial charge in [0.15, 0.2) is 6.10 Å². The van der Waals surface area contributed by atoms with Crippen LogP contribution in [0.2, 0.25) is 0 Å². The molecule has 1 atom stereocenters. The minimum absolute atomic E-state index is 0.0768. The Balaban J connectivity index is 1.99. The van der Waals surface area contributed by atoms with Crippen LogP contribution in [0.4, 0.5) is 11.4 Å². The predicted octanol–water partition coefficient (Wildman–Crippen LogP) is 4.10. The zero-order valence-corrected chi connectivity index (χ0v) is 16.2. The minimum Gasteiger partial charge on any atom is -0.449 e. The van der Waals surface area contributed by atoms with Gasteiger partial charge in [-0.25, -0.2) is 4.79 Å². The van der Waals surface area contributed by atoms with Crippen molar-refractivity contribution in [3.63, 3.8) is 0 Å². The van der Waals surface area contributed by atoms with E-state index in [-0.39, 0.29) is 5.69 Å². The third-order valence-electron chi connectivity index (χ3n) is 4.08.